The molecule has 0 aliphatic heterocycles. The first kappa shape index (κ1) is 20.8. The first-order chi connectivity index (χ1) is 16.1. The summed E-state index contributed by atoms with van der Waals surface area (Å²) in [7, 11) is 0. The molecule has 0 spiro atoms. The second kappa shape index (κ2) is 8.79. The Bertz CT molecular complexity index is 1380. The lowest BCUT2D eigenvalue weighted by atomic mass is 10.2. The molecule has 5 rings (SSSR count). The van der Waals surface area contributed by atoms with Crippen molar-refractivity contribution in [1.29, 1.82) is 0 Å². The number of amides is 1. The largest absolute Gasteiger partial charge is 0.538 e. The van der Waals surface area contributed by atoms with Crippen molar-refractivity contribution in [3.8, 4) is 23.1 Å². The molecule has 2 heterocycles. The minimum atomic E-state index is -0.591. The third-order valence-electron chi connectivity index (χ3n) is 4.92. The molecular formula is C24H18N4O4S. The fourth-order valence-electron chi connectivity index (χ4n) is 3.23. The van der Waals surface area contributed by atoms with Gasteiger partial charge >= 0.3 is 0 Å². The number of para-hydroxylation sites is 3. The highest BCUT2D eigenvalue weighted by atomic mass is 32.2. The predicted octanol–water partition coefficient (Wildman–Crippen LogP) is 3.95. The van der Waals surface area contributed by atoms with Crippen LogP contribution in [0, 0.1) is 0 Å². The summed E-state index contributed by atoms with van der Waals surface area (Å²) in [6.07, 6.45) is 0. The number of anilines is 1. The van der Waals surface area contributed by atoms with Gasteiger partial charge in [0.15, 0.2) is 11.5 Å². The van der Waals surface area contributed by atoms with Gasteiger partial charge in [0, 0.05) is 23.4 Å². The molecule has 1 atom stereocenters. The zero-order valence-corrected chi connectivity index (χ0v) is 18.3. The van der Waals surface area contributed by atoms with Crippen LogP contribution < -0.4 is 15.1 Å². The average molecular weight is 458 g/mol. The molecule has 3 aromatic carbocycles. The smallest absolute Gasteiger partial charge is 0.298 e. The molecule has 0 radical (unpaired) electrons. The minimum Gasteiger partial charge on any atom is -0.538 e. The molecule has 0 aliphatic carbocycles. The molecule has 0 saturated heterocycles. The van der Waals surface area contributed by atoms with E-state index in [4.69, 9.17) is 8.94 Å². The summed E-state index contributed by atoms with van der Waals surface area (Å²) >= 11 is 1.09. The maximum absolute atomic E-state index is 12.7. The standard InChI is InChI=1S/C24H18N4O4S/c1-15(33-23-24(30)32-27-28(23)18-7-3-2-4-8-18)21(29)25-17-13-11-16(12-14-17)22-26-19-9-5-6-10-20(19)31-22/h2-15H,1H3,(H-,25,26,27,29,30). The first-order valence-corrected chi connectivity index (χ1v) is 11.0. The highest BCUT2D eigenvalue weighted by Gasteiger charge is 2.26. The van der Waals surface area contributed by atoms with Gasteiger partial charge in [-0.25, -0.2) is 4.98 Å². The van der Waals surface area contributed by atoms with Crippen LogP contribution in [0.25, 0.3) is 28.2 Å². The van der Waals surface area contributed by atoms with Crippen LogP contribution in [0.4, 0.5) is 5.69 Å². The van der Waals surface area contributed by atoms with Gasteiger partial charge in [-0.3, -0.25) is 4.79 Å². The van der Waals surface area contributed by atoms with Crippen LogP contribution in [0.1, 0.15) is 6.92 Å². The van der Waals surface area contributed by atoms with E-state index in [1.54, 1.807) is 31.2 Å². The molecule has 5 aromatic rings. The third-order valence-corrected chi connectivity index (χ3v) is 6.05. The Hall–Kier alpha value is -4.11. The molecule has 0 fully saturated rings. The van der Waals surface area contributed by atoms with Crippen LogP contribution in [0.5, 0.6) is 5.95 Å². The summed E-state index contributed by atoms with van der Waals surface area (Å²) in [6.45, 7) is 1.72. The zero-order valence-electron chi connectivity index (χ0n) is 17.5. The van der Waals surface area contributed by atoms with Crippen LogP contribution in [-0.2, 0) is 4.79 Å². The van der Waals surface area contributed by atoms with E-state index < -0.39 is 11.2 Å². The van der Waals surface area contributed by atoms with Crippen LogP contribution in [0.3, 0.4) is 0 Å². The first-order valence-electron chi connectivity index (χ1n) is 10.2. The molecule has 1 amide bonds. The fraction of sp³-hybridized carbons (Fsp3) is 0.0833. The van der Waals surface area contributed by atoms with Crippen molar-refractivity contribution in [2.75, 3.05) is 5.32 Å². The average Bonchev–Trinajstić information content (AvgIpc) is 3.44. The van der Waals surface area contributed by atoms with Crippen LogP contribution >= 0.6 is 11.8 Å². The number of rotatable bonds is 6. The summed E-state index contributed by atoms with van der Waals surface area (Å²) in [5, 5.41) is 18.5. The van der Waals surface area contributed by atoms with Gasteiger partial charge in [-0.1, -0.05) is 30.3 Å². The number of carbonyl (C=O) groups excluding carboxylic acids is 1. The number of benzene rings is 3. The number of oxazole rings is 1. The summed E-state index contributed by atoms with van der Waals surface area (Å²) in [5.41, 5.74) is 3.60. The Balaban J connectivity index is 1.28. The Kier molecular flexibility index (Phi) is 5.54. The Morgan fingerprint density at radius 1 is 1.03 bits per heavy atom. The van der Waals surface area contributed by atoms with Gasteiger partial charge < -0.3 is 19.4 Å². The van der Waals surface area contributed by atoms with E-state index in [0.717, 1.165) is 28.4 Å². The second-order valence-corrected chi connectivity index (χ2v) is 8.56. The predicted molar refractivity (Wildman–Crippen MR) is 121 cm³/mol. The number of nitrogens with one attached hydrogen (secondary N) is 1. The van der Waals surface area contributed by atoms with E-state index in [1.165, 1.54) is 4.68 Å². The van der Waals surface area contributed by atoms with Crippen LogP contribution in [0.2, 0.25) is 0 Å². The molecule has 1 unspecified atom stereocenters. The summed E-state index contributed by atoms with van der Waals surface area (Å²) in [5.74, 6) is -0.333. The number of thioether (sulfide) groups is 1. The van der Waals surface area contributed by atoms with Crippen LogP contribution in [-0.4, -0.2) is 21.4 Å². The van der Waals surface area contributed by atoms with Crippen molar-refractivity contribution in [1.82, 2.24) is 10.3 Å². The molecule has 1 N–H and O–H groups in total. The molecule has 0 bridgehead atoms. The third kappa shape index (κ3) is 4.31. The Labute approximate surface area is 192 Å². The van der Waals surface area contributed by atoms with E-state index >= 15 is 0 Å². The summed E-state index contributed by atoms with van der Waals surface area (Å²) in [6, 6.07) is 23.9. The lowest BCUT2D eigenvalue weighted by Crippen LogP contribution is -2.36. The van der Waals surface area contributed by atoms with E-state index in [2.05, 4.69) is 15.6 Å². The van der Waals surface area contributed by atoms with Gasteiger partial charge in [-0.05, 0) is 59.8 Å². The monoisotopic (exact) mass is 458 g/mol. The van der Waals surface area contributed by atoms with Crippen molar-refractivity contribution in [2.45, 2.75) is 17.2 Å². The zero-order chi connectivity index (χ0) is 22.8. The van der Waals surface area contributed by atoms with E-state index in [9.17, 15) is 9.90 Å². The maximum atomic E-state index is 12.7. The fourth-order valence-corrected chi connectivity index (χ4v) is 4.10. The molecule has 8 nitrogen and oxygen atoms in total. The number of carbonyl (C=O) groups is 1. The lowest BCUT2D eigenvalue weighted by Gasteiger charge is -2.10. The number of hydrogen-bond acceptors (Lipinski definition) is 7. The van der Waals surface area contributed by atoms with E-state index in [1.807, 2.05) is 54.6 Å². The Morgan fingerprint density at radius 2 is 1.76 bits per heavy atom. The van der Waals surface area contributed by atoms with Gasteiger partial charge in [0.25, 0.3) is 5.03 Å². The molecule has 9 heteroatoms. The number of nitrogens with zero attached hydrogens (tertiary/aromatic N) is 3. The van der Waals surface area contributed by atoms with Crippen molar-refractivity contribution in [3.05, 3.63) is 78.9 Å². The summed E-state index contributed by atoms with van der Waals surface area (Å²) in [4.78, 5) is 17.2. The van der Waals surface area contributed by atoms with Gasteiger partial charge in [-0.2, -0.15) is 0 Å². The van der Waals surface area contributed by atoms with Crippen molar-refractivity contribution in [2.24, 2.45) is 0 Å². The quantitative estimate of drug-likeness (QED) is 0.303. The minimum absolute atomic E-state index is 0.232. The number of fused-ring (bicyclic) bond motifs is 1. The SMILES string of the molecule is CC(Sc1c([O-])on[n+]1-c1ccccc1)C(=O)Nc1ccc(-c2nc3ccccc3o2)cc1. The van der Waals surface area contributed by atoms with Crippen LogP contribution in [0.15, 0.2) is 92.8 Å². The van der Waals surface area contributed by atoms with Gasteiger partial charge in [-0.15, -0.1) is 0 Å². The second-order valence-electron chi connectivity index (χ2n) is 7.23. The molecule has 0 aliphatic rings. The van der Waals surface area contributed by atoms with Crippen molar-refractivity contribution >= 4 is 34.5 Å². The van der Waals surface area contributed by atoms with Gasteiger partial charge in [0.2, 0.25) is 17.5 Å². The molecular weight excluding hydrogens is 440 g/mol. The molecule has 33 heavy (non-hydrogen) atoms. The molecule has 164 valence electrons. The summed E-state index contributed by atoms with van der Waals surface area (Å²) < 4.78 is 12.0. The highest BCUT2D eigenvalue weighted by Crippen LogP contribution is 2.29. The molecule has 2 aromatic heterocycles. The van der Waals surface area contributed by atoms with E-state index in [-0.39, 0.29) is 10.9 Å². The maximum Gasteiger partial charge on any atom is 0.298 e. The highest BCUT2D eigenvalue weighted by molar-refractivity contribution is 8.00. The molecule has 0 saturated carbocycles. The lowest BCUT2D eigenvalue weighted by molar-refractivity contribution is -0.705. The number of aromatic nitrogens is 3. The normalized spacial score (nSPS) is 12.0. The topological polar surface area (TPSA) is 108 Å². The van der Waals surface area contributed by atoms with E-state index in [0.29, 0.717) is 17.3 Å². The van der Waals surface area contributed by atoms with Gasteiger partial charge in [0.1, 0.15) is 5.52 Å². The Morgan fingerprint density at radius 3 is 2.52 bits per heavy atom. The number of hydrogen-bond donors (Lipinski definition) is 1. The van der Waals surface area contributed by atoms with Crippen molar-refractivity contribution in [3.63, 3.8) is 0 Å². The van der Waals surface area contributed by atoms with Gasteiger partial charge in [0.05, 0.1) is 10.5 Å². The van der Waals surface area contributed by atoms with Crippen molar-refractivity contribution < 1.29 is 23.5 Å².